The van der Waals surface area contributed by atoms with Gasteiger partial charge in [-0.2, -0.15) is 0 Å². The lowest BCUT2D eigenvalue weighted by molar-refractivity contribution is 0.226. The largest absolute Gasteiger partial charge is 0.361 e. The second kappa shape index (κ2) is 4.75. The van der Waals surface area contributed by atoms with Crippen molar-refractivity contribution in [1.29, 1.82) is 0 Å². The summed E-state index contributed by atoms with van der Waals surface area (Å²) in [4.78, 5) is 6.62. The molecule has 14 heavy (non-hydrogen) atoms. The highest BCUT2D eigenvalue weighted by atomic mass is 32.1. The Morgan fingerprint density at radius 2 is 2.36 bits per heavy atom. The SMILES string of the molecule is CN1CCC(CNc2nccs2)CC1. The molecule has 0 unspecified atom stereocenters. The first-order valence-electron chi connectivity index (χ1n) is 5.16. The molecule has 0 amide bonds. The van der Waals surface area contributed by atoms with Crippen molar-refractivity contribution in [3.8, 4) is 0 Å². The van der Waals surface area contributed by atoms with E-state index in [1.54, 1.807) is 11.3 Å². The zero-order chi connectivity index (χ0) is 9.80. The molecule has 2 rings (SSSR count). The van der Waals surface area contributed by atoms with Crippen LogP contribution in [0.25, 0.3) is 0 Å². The van der Waals surface area contributed by atoms with Gasteiger partial charge in [-0.15, -0.1) is 11.3 Å². The van der Waals surface area contributed by atoms with Gasteiger partial charge in [-0.3, -0.25) is 0 Å². The maximum absolute atomic E-state index is 4.21. The Morgan fingerprint density at radius 3 is 3.00 bits per heavy atom. The van der Waals surface area contributed by atoms with Crippen molar-refractivity contribution in [2.24, 2.45) is 5.92 Å². The van der Waals surface area contributed by atoms with Crippen LogP contribution in [0.5, 0.6) is 0 Å². The molecule has 0 aromatic carbocycles. The Bertz CT molecular complexity index is 252. The fraction of sp³-hybridized carbons (Fsp3) is 0.700. The highest BCUT2D eigenvalue weighted by Crippen LogP contribution is 2.17. The van der Waals surface area contributed by atoms with Crippen LogP contribution in [0.1, 0.15) is 12.8 Å². The zero-order valence-electron chi connectivity index (χ0n) is 8.57. The topological polar surface area (TPSA) is 28.2 Å². The lowest BCUT2D eigenvalue weighted by Crippen LogP contribution is -2.32. The first-order valence-corrected chi connectivity index (χ1v) is 6.04. The molecule has 0 saturated carbocycles. The van der Waals surface area contributed by atoms with Crippen molar-refractivity contribution in [3.63, 3.8) is 0 Å². The average molecular weight is 211 g/mol. The Balaban J connectivity index is 1.71. The molecule has 78 valence electrons. The molecule has 1 aliphatic heterocycles. The summed E-state index contributed by atoms with van der Waals surface area (Å²) in [6.45, 7) is 3.57. The predicted octanol–water partition coefficient (Wildman–Crippen LogP) is 1.90. The lowest BCUT2D eigenvalue weighted by atomic mass is 9.97. The summed E-state index contributed by atoms with van der Waals surface area (Å²) in [7, 11) is 2.20. The number of nitrogens with one attached hydrogen (secondary N) is 1. The number of thiazole rings is 1. The van der Waals surface area contributed by atoms with Crippen molar-refractivity contribution in [2.75, 3.05) is 32.0 Å². The summed E-state index contributed by atoms with van der Waals surface area (Å²) in [6, 6.07) is 0. The van der Waals surface area contributed by atoms with E-state index in [1.807, 2.05) is 11.6 Å². The summed E-state index contributed by atoms with van der Waals surface area (Å²) < 4.78 is 0. The van der Waals surface area contributed by atoms with Gasteiger partial charge in [0.1, 0.15) is 0 Å². The lowest BCUT2D eigenvalue weighted by Gasteiger charge is -2.28. The van der Waals surface area contributed by atoms with E-state index in [1.165, 1.54) is 25.9 Å². The van der Waals surface area contributed by atoms with Gasteiger partial charge in [-0.05, 0) is 38.9 Å². The summed E-state index contributed by atoms with van der Waals surface area (Å²) in [5.41, 5.74) is 0. The minimum atomic E-state index is 0.829. The molecular weight excluding hydrogens is 194 g/mol. The van der Waals surface area contributed by atoms with Gasteiger partial charge in [0.05, 0.1) is 0 Å². The Kier molecular flexibility index (Phi) is 3.37. The standard InChI is InChI=1S/C10H17N3S/c1-13-5-2-9(3-6-13)8-12-10-11-4-7-14-10/h4,7,9H,2-3,5-6,8H2,1H3,(H,11,12). The highest BCUT2D eigenvalue weighted by Gasteiger charge is 2.16. The molecule has 1 aromatic heterocycles. The van der Waals surface area contributed by atoms with Gasteiger partial charge in [0.25, 0.3) is 0 Å². The van der Waals surface area contributed by atoms with Crippen molar-refractivity contribution in [3.05, 3.63) is 11.6 Å². The van der Waals surface area contributed by atoms with E-state index in [2.05, 4.69) is 22.2 Å². The molecule has 0 spiro atoms. The Labute approximate surface area is 89.1 Å². The summed E-state index contributed by atoms with van der Waals surface area (Å²) in [6.07, 6.45) is 4.48. The molecule has 0 atom stereocenters. The summed E-state index contributed by atoms with van der Waals surface area (Å²) >= 11 is 1.68. The smallest absolute Gasteiger partial charge is 0.182 e. The van der Waals surface area contributed by atoms with Crippen molar-refractivity contribution in [1.82, 2.24) is 9.88 Å². The quantitative estimate of drug-likeness (QED) is 0.827. The molecule has 1 saturated heterocycles. The monoisotopic (exact) mass is 211 g/mol. The zero-order valence-corrected chi connectivity index (χ0v) is 9.39. The maximum Gasteiger partial charge on any atom is 0.182 e. The third kappa shape index (κ3) is 2.69. The molecule has 4 heteroatoms. The number of rotatable bonds is 3. The normalized spacial score (nSPS) is 19.8. The molecular formula is C10H17N3S. The molecule has 2 heterocycles. The van der Waals surface area contributed by atoms with Gasteiger partial charge in [0.15, 0.2) is 5.13 Å². The van der Waals surface area contributed by atoms with Crippen LogP contribution in [0.4, 0.5) is 5.13 Å². The van der Waals surface area contributed by atoms with Gasteiger partial charge in [0.2, 0.25) is 0 Å². The number of likely N-dealkylation sites (tertiary alicyclic amines) is 1. The Hall–Kier alpha value is -0.610. The highest BCUT2D eigenvalue weighted by molar-refractivity contribution is 7.13. The Morgan fingerprint density at radius 1 is 1.57 bits per heavy atom. The first-order chi connectivity index (χ1) is 6.84. The van der Waals surface area contributed by atoms with Gasteiger partial charge in [-0.1, -0.05) is 0 Å². The van der Waals surface area contributed by atoms with E-state index in [0.29, 0.717) is 0 Å². The average Bonchev–Trinajstić information content (AvgIpc) is 2.70. The first kappa shape index (κ1) is 9.93. The maximum atomic E-state index is 4.21. The van der Waals surface area contributed by atoms with Crippen LogP contribution in [-0.4, -0.2) is 36.6 Å². The molecule has 1 aromatic rings. The number of anilines is 1. The van der Waals surface area contributed by atoms with Crippen molar-refractivity contribution in [2.45, 2.75) is 12.8 Å². The minimum Gasteiger partial charge on any atom is -0.361 e. The van der Waals surface area contributed by atoms with E-state index in [0.717, 1.165) is 17.6 Å². The van der Waals surface area contributed by atoms with Crippen LogP contribution >= 0.6 is 11.3 Å². The fourth-order valence-corrected chi connectivity index (χ4v) is 2.35. The molecule has 0 aliphatic carbocycles. The summed E-state index contributed by atoms with van der Waals surface area (Å²) in [5, 5.41) is 6.47. The third-order valence-corrected chi connectivity index (χ3v) is 3.54. The molecule has 1 fully saturated rings. The number of piperidine rings is 1. The van der Waals surface area contributed by atoms with Gasteiger partial charge >= 0.3 is 0 Å². The number of nitrogens with zero attached hydrogens (tertiary/aromatic N) is 2. The number of hydrogen-bond donors (Lipinski definition) is 1. The predicted molar refractivity (Wildman–Crippen MR) is 60.8 cm³/mol. The van der Waals surface area contributed by atoms with Crippen molar-refractivity contribution >= 4 is 16.5 Å². The number of hydrogen-bond acceptors (Lipinski definition) is 4. The van der Waals surface area contributed by atoms with Crippen LogP contribution < -0.4 is 5.32 Å². The number of aromatic nitrogens is 1. The van der Waals surface area contributed by atoms with E-state index in [4.69, 9.17) is 0 Å². The van der Waals surface area contributed by atoms with E-state index >= 15 is 0 Å². The minimum absolute atomic E-state index is 0.829. The second-order valence-electron chi connectivity index (χ2n) is 3.96. The second-order valence-corrected chi connectivity index (χ2v) is 4.86. The van der Waals surface area contributed by atoms with Gasteiger partial charge in [0, 0.05) is 18.1 Å². The molecule has 1 N–H and O–H groups in total. The third-order valence-electron chi connectivity index (χ3n) is 2.81. The van der Waals surface area contributed by atoms with Gasteiger partial charge < -0.3 is 10.2 Å². The van der Waals surface area contributed by atoms with E-state index < -0.39 is 0 Å². The van der Waals surface area contributed by atoms with Crippen LogP contribution in [0.3, 0.4) is 0 Å². The molecule has 0 bridgehead atoms. The van der Waals surface area contributed by atoms with Gasteiger partial charge in [-0.25, -0.2) is 4.98 Å². The van der Waals surface area contributed by atoms with Crippen molar-refractivity contribution < 1.29 is 0 Å². The van der Waals surface area contributed by atoms with Crippen LogP contribution in [0.15, 0.2) is 11.6 Å². The van der Waals surface area contributed by atoms with E-state index in [-0.39, 0.29) is 0 Å². The van der Waals surface area contributed by atoms with E-state index in [9.17, 15) is 0 Å². The fourth-order valence-electron chi connectivity index (χ4n) is 1.81. The van der Waals surface area contributed by atoms with Crippen LogP contribution in [0.2, 0.25) is 0 Å². The molecule has 0 radical (unpaired) electrons. The molecule has 3 nitrogen and oxygen atoms in total. The summed E-state index contributed by atoms with van der Waals surface area (Å²) in [5.74, 6) is 0.829. The van der Waals surface area contributed by atoms with Crippen LogP contribution in [-0.2, 0) is 0 Å². The molecule has 1 aliphatic rings. The van der Waals surface area contributed by atoms with Crippen LogP contribution in [0, 0.1) is 5.92 Å².